The number of morpholine rings is 1. The van der Waals surface area contributed by atoms with E-state index >= 15 is 0 Å². The number of imidazole rings is 1. The molecular weight excluding hydrogens is 522 g/mol. The molecule has 0 spiro atoms. The molecule has 0 N–H and O–H groups in total. The van der Waals surface area contributed by atoms with E-state index in [0.29, 0.717) is 32.0 Å². The Labute approximate surface area is 224 Å². The molecule has 0 amide bonds. The van der Waals surface area contributed by atoms with E-state index in [2.05, 4.69) is 25.6 Å². The minimum Gasteiger partial charge on any atom is -0.454 e. The summed E-state index contributed by atoms with van der Waals surface area (Å²) in [6.45, 7) is 3.13. The number of benzene rings is 2. The van der Waals surface area contributed by atoms with Gasteiger partial charge in [-0.2, -0.15) is 4.31 Å². The molecule has 5 aromatic rings. The van der Waals surface area contributed by atoms with Crippen molar-refractivity contribution in [3.05, 3.63) is 83.5 Å². The van der Waals surface area contributed by atoms with E-state index in [1.807, 2.05) is 36.8 Å². The predicted octanol–water partition coefficient (Wildman–Crippen LogP) is 4.50. The van der Waals surface area contributed by atoms with Gasteiger partial charge < -0.3 is 18.3 Å². The summed E-state index contributed by atoms with van der Waals surface area (Å²) >= 11 is 1.53. The van der Waals surface area contributed by atoms with Gasteiger partial charge in [0.1, 0.15) is 5.58 Å². The number of hydrogen-bond acceptors (Lipinski definition) is 7. The monoisotopic (exact) mass is 549 g/mol. The van der Waals surface area contributed by atoms with Gasteiger partial charge in [0.25, 0.3) is 0 Å². The highest BCUT2D eigenvalue weighted by Gasteiger charge is 2.26. The number of hydrogen-bond donors (Lipinski definition) is 0. The zero-order valence-corrected chi connectivity index (χ0v) is 22.3. The maximum Gasteiger partial charge on any atom is 0.243 e. The molecule has 6 rings (SSSR count). The van der Waals surface area contributed by atoms with Gasteiger partial charge in [0.05, 0.1) is 35.8 Å². The Balaban J connectivity index is 1.32. The van der Waals surface area contributed by atoms with E-state index < -0.39 is 10.0 Å². The molecule has 2 aromatic carbocycles. The van der Waals surface area contributed by atoms with Crippen LogP contribution in [0.1, 0.15) is 6.42 Å². The van der Waals surface area contributed by atoms with Gasteiger partial charge in [-0.15, -0.1) is 11.3 Å². The van der Waals surface area contributed by atoms with Crippen molar-refractivity contribution in [3.8, 4) is 11.5 Å². The Morgan fingerprint density at radius 1 is 1.03 bits per heavy atom. The summed E-state index contributed by atoms with van der Waals surface area (Å²) in [5.41, 5.74) is 2.49. The Hall–Kier alpha value is -3.51. The van der Waals surface area contributed by atoms with Gasteiger partial charge in [0.15, 0.2) is 10.6 Å². The average Bonchev–Trinajstić information content (AvgIpc) is 3.70. The minimum absolute atomic E-state index is 0.265. The molecule has 196 valence electrons. The molecule has 0 aliphatic carbocycles. The van der Waals surface area contributed by atoms with E-state index in [4.69, 9.17) is 14.1 Å². The van der Waals surface area contributed by atoms with Crippen LogP contribution in [0.4, 0.5) is 5.69 Å². The lowest BCUT2D eigenvalue weighted by atomic mass is 10.2. The van der Waals surface area contributed by atoms with E-state index in [1.54, 1.807) is 30.5 Å². The van der Waals surface area contributed by atoms with Crippen LogP contribution in [0.2, 0.25) is 0 Å². The van der Waals surface area contributed by atoms with Gasteiger partial charge >= 0.3 is 0 Å². The Kier molecular flexibility index (Phi) is 6.98. The van der Waals surface area contributed by atoms with Gasteiger partial charge in [-0.05, 0) is 42.8 Å². The average molecular weight is 550 g/mol. The summed E-state index contributed by atoms with van der Waals surface area (Å²) in [5, 5.41) is 3.11. The fraction of sp³-hybridized carbons (Fsp3) is 0.259. The molecule has 4 heterocycles. The van der Waals surface area contributed by atoms with Crippen LogP contribution in [0.5, 0.6) is 0 Å². The number of rotatable bonds is 8. The van der Waals surface area contributed by atoms with E-state index in [0.717, 1.165) is 46.7 Å². The molecule has 1 aliphatic rings. The molecule has 0 bridgehead atoms. The summed E-state index contributed by atoms with van der Waals surface area (Å²) in [6, 6.07) is 16.8. The highest BCUT2D eigenvalue weighted by Crippen LogP contribution is 2.29. The molecule has 0 unspecified atom stereocenters. The third-order valence-electron chi connectivity index (χ3n) is 6.50. The van der Waals surface area contributed by atoms with Crippen molar-refractivity contribution in [2.24, 2.45) is 4.99 Å². The molecule has 0 radical (unpaired) electrons. The molecule has 0 saturated carbocycles. The van der Waals surface area contributed by atoms with Crippen LogP contribution in [0.15, 0.2) is 93.0 Å². The molecule has 3 aromatic heterocycles. The third-order valence-corrected chi connectivity index (χ3v) is 9.28. The molecule has 0 atom stereocenters. The highest BCUT2D eigenvalue weighted by atomic mass is 32.2. The second kappa shape index (κ2) is 10.7. The predicted molar refractivity (Wildman–Crippen MR) is 146 cm³/mol. The van der Waals surface area contributed by atoms with Crippen LogP contribution < -0.4 is 4.80 Å². The van der Waals surface area contributed by atoms with Crippen LogP contribution >= 0.6 is 11.3 Å². The number of sulfonamides is 1. The van der Waals surface area contributed by atoms with E-state index in [9.17, 15) is 8.42 Å². The fourth-order valence-electron chi connectivity index (χ4n) is 4.51. The van der Waals surface area contributed by atoms with Crippen LogP contribution in [0.3, 0.4) is 0 Å². The van der Waals surface area contributed by atoms with Crippen molar-refractivity contribution < 1.29 is 17.6 Å². The minimum atomic E-state index is -3.55. The summed E-state index contributed by atoms with van der Waals surface area (Å²) in [6.07, 6.45) is 6.43. The van der Waals surface area contributed by atoms with Gasteiger partial charge in [0, 0.05) is 49.3 Å². The zero-order valence-electron chi connectivity index (χ0n) is 20.6. The van der Waals surface area contributed by atoms with Crippen LogP contribution in [-0.4, -0.2) is 53.1 Å². The van der Waals surface area contributed by atoms with Crippen LogP contribution in [0, 0.1) is 0 Å². The van der Waals surface area contributed by atoms with Gasteiger partial charge in [-0.25, -0.2) is 18.4 Å². The van der Waals surface area contributed by atoms with Gasteiger partial charge in [-0.3, -0.25) is 0 Å². The number of ether oxygens (including phenoxy) is 1. The highest BCUT2D eigenvalue weighted by molar-refractivity contribution is 7.89. The topological polar surface area (TPSA) is 94.9 Å². The lowest BCUT2D eigenvalue weighted by Gasteiger charge is -2.26. The van der Waals surface area contributed by atoms with Crippen molar-refractivity contribution in [3.63, 3.8) is 0 Å². The first-order valence-electron chi connectivity index (χ1n) is 12.4. The standard InChI is InChI=1S/C27H27N5O4S2/c33-38(34,31-14-16-35-17-15-31)23-8-6-22(7-9-23)29-27-32(12-3-11-30-13-10-28-20-30)24(19-37-27)26-18-21-4-1-2-5-25(21)36-26/h1-2,4-10,13,18-20H,3,11-12,14-17H2. The normalized spacial score (nSPS) is 15.4. The number of nitrogens with zero attached hydrogens (tertiary/aromatic N) is 5. The van der Waals surface area contributed by atoms with Crippen LogP contribution in [0.25, 0.3) is 22.4 Å². The smallest absolute Gasteiger partial charge is 0.243 e. The zero-order chi connectivity index (χ0) is 26.0. The molecular formula is C27H27N5O4S2. The first-order valence-corrected chi connectivity index (χ1v) is 14.8. The quantitative estimate of drug-likeness (QED) is 0.284. The lowest BCUT2D eigenvalue weighted by molar-refractivity contribution is 0.0730. The third kappa shape index (κ3) is 5.10. The summed E-state index contributed by atoms with van der Waals surface area (Å²) in [7, 11) is -3.55. The molecule has 1 saturated heterocycles. The number of para-hydroxylation sites is 1. The fourth-order valence-corrected chi connectivity index (χ4v) is 6.85. The summed E-state index contributed by atoms with van der Waals surface area (Å²) in [4.78, 5) is 10.1. The molecule has 1 fully saturated rings. The summed E-state index contributed by atoms with van der Waals surface area (Å²) in [5.74, 6) is 0.790. The van der Waals surface area contributed by atoms with Crippen molar-refractivity contribution in [1.29, 1.82) is 0 Å². The molecule has 38 heavy (non-hydrogen) atoms. The molecule has 9 nitrogen and oxygen atoms in total. The second-order valence-corrected chi connectivity index (χ2v) is 11.8. The summed E-state index contributed by atoms with van der Waals surface area (Å²) < 4.78 is 43.1. The largest absolute Gasteiger partial charge is 0.454 e. The first-order chi connectivity index (χ1) is 18.6. The maximum absolute atomic E-state index is 13.0. The lowest BCUT2D eigenvalue weighted by Crippen LogP contribution is -2.40. The molecule has 11 heteroatoms. The van der Waals surface area contributed by atoms with Crippen molar-refractivity contribution >= 4 is 38.0 Å². The van der Waals surface area contributed by atoms with E-state index in [1.165, 1.54) is 15.6 Å². The number of aryl methyl sites for hydroxylation is 1. The van der Waals surface area contributed by atoms with Gasteiger partial charge in [-0.1, -0.05) is 18.2 Å². The Morgan fingerprint density at radius 3 is 2.61 bits per heavy atom. The first kappa shape index (κ1) is 24.8. The van der Waals surface area contributed by atoms with Crippen molar-refractivity contribution in [1.82, 2.24) is 18.4 Å². The Morgan fingerprint density at radius 2 is 1.84 bits per heavy atom. The van der Waals surface area contributed by atoms with Gasteiger partial charge in [0.2, 0.25) is 10.0 Å². The SMILES string of the molecule is O=S(=O)(c1ccc(N=c2scc(-c3cc4ccccc4o3)n2CCCn2ccnc2)cc1)N1CCOCC1. The Bertz CT molecular complexity index is 1660. The van der Waals surface area contributed by atoms with Crippen molar-refractivity contribution in [2.45, 2.75) is 24.4 Å². The maximum atomic E-state index is 13.0. The van der Waals surface area contributed by atoms with Crippen LogP contribution in [-0.2, 0) is 27.8 Å². The van der Waals surface area contributed by atoms with E-state index in [-0.39, 0.29) is 4.90 Å². The number of furan rings is 1. The number of aromatic nitrogens is 3. The van der Waals surface area contributed by atoms with Crippen molar-refractivity contribution in [2.75, 3.05) is 26.3 Å². The number of thiazole rings is 1. The molecule has 1 aliphatic heterocycles. The second-order valence-electron chi connectivity index (χ2n) is 8.98. The number of fused-ring (bicyclic) bond motifs is 1.